The van der Waals surface area contributed by atoms with Crippen LogP contribution in [0.15, 0.2) is 109 Å². The first-order chi connectivity index (χ1) is 52.3. The van der Waals surface area contributed by atoms with Crippen molar-refractivity contribution in [3.8, 4) is 0 Å². The zero-order chi connectivity index (χ0) is 77.4. The van der Waals surface area contributed by atoms with E-state index < -0.39 is 124 Å². The van der Waals surface area contributed by atoms with Crippen LogP contribution in [0.1, 0.15) is 309 Å². The summed E-state index contributed by atoms with van der Waals surface area (Å²) in [5.74, 6) is -0.291. The fourth-order valence-electron chi connectivity index (χ4n) is 13.8. The minimum atomic E-state index is -1.99. The van der Waals surface area contributed by atoms with Crippen LogP contribution >= 0.6 is 0 Å². The lowest BCUT2D eigenvalue weighted by Crippen LogP contribution is -2.66. The summed E-state index contributed by atoms with van der Waals surface area (Å²) in [4.78, 5) is 13.5. The van der Waals surface area contributed by atoms with Crippen LogP contribution in [0.4, 0.5) is 0 Å². The summed E-state index contributed by atoms with van der Waals surface area (Å²) in [6, 6.07) is -1.01. The van der Waals surface area contributed by atoms with E-state index in [9.17, 15) is 61.0 Å². The third-order valence-electron chi connectivity index (χ3n) is 20.5. The van der Waals surface area contributed by atoms with Crippen molar-refractivity contribution in [3.05, 3.63) is 109 Å². The smallest absolute Gasteiger partial charge is 0.220 e. The van der Waals surface area contributed by atoms with Crippen LogP contribution in [-0.4, -0.2) is 193 Å². The van der Waals surface area contributed by atoms with Crippen LogP contribution in [-0.2, 0) is 33.2 Å². The minimum absolute atomic E-state index is 0.226. The first kappa shape index (κ1) is 97.6. The number of aliphatic hydroxyl groups excluding tert-OH is 11. The van der Waals surface area contributed by atoms with Crippen molar-refractivity contribution in [1.82, 2.24) is 5.32 Å². The van der Waals surface area contributed by atoms with Gasteiger partial charge in [0.2, 0.25) is 5.91 Å². The van der Waals surface area contributed by atoms with E-state index in [0.29, 0.717) is 12.8 Å². The molecule has 0 radical (unpaired) electrons. The summed E-state index contributed by atoms with van der Waals surface area (Å²) in [7, 11) is 0. The van der Waals surface area contributed by atoms with E-state index in [1.807, 2.05) is 6.08 Å². The molecule has 12 N–H and O–H groups in total. The molecule has 19 nitrogen and oxygen atoms in total. The molecule has 107 heavy (non-hydrogen) atoms. The van der Waals surface area contributed by atoms with Crippen LogP contribution in [0.25, 0.3) is 0 Å². The summed E-state index contributed by atoms with van der Waals surface area (Å²) < 4.78 is 34.5. The molecule has 0 aliphatic carbocycles. The molecular weight excluding hydrogens is 1360 g/mol. The van der Waals surface area contributed by atoms with Gasteiger partial charge in [0.25, 0.3) is 0 Å². The van der Waals surface area contributed by atoms with Crippen LogP contribution in [0, 0.1) is 0 Å². The number of hydrogen-bond acceptors (Lipinski definition) is 18. The maximum atomic E-state index is 13.5. The minimum Gasteiger partial charge on any atom is -0.394 e. The number of amides is 1. The molecule has 19 heteroatoms. The molecule has 3 saturated heterocycles. The Kier molecular flexibility index (Phi) is 61.1. The van der Waals surface area contributed by atoms with Gasteiger partial charge in [-0.25, -0.2) is 0 Å². The second kappa shape index (κ2) is 67.0. The van der Waals surface area contributed by atoms with Gasteiger partial charge in [-0.05, 0) is 96.3 Å². The summed E-state index contributed by atoms with van der Waals surface area (Å²) in [6.07, 6.45) is 66.5. The van der Waals surface area contributed by atoms with Gasteiger partial charge in [-0.15, -0.1) is 0 Å². The van der Waals surface area contributed by atoms with Crippen molar-refractivity contribution < 1.29 is 89.4 Å². The highest BCUT2D eigenvalue weighted by molar-refractivity contribution is 5.76. The van der Waals surface area contributed by atoms with Gasteiger partial charge >= 0.3 is 0 Å². The van der Waals surface area contributed by atoms with Crippen LogP contribution in [0.3, 0.4) is 0 Å². The number of carbonyl (C=O) groups excluding carboxylic acids is 1. The van der Waals surface area contributed by atoms with E-state index in [-0.39, 0.29) is 18.9 Å². The maximum absolute atomic E-state index is 13.5. The highest BCUT2D eigenvalue weighted by Gasteiger charge is 2.54. The summed E-state index contributed by atoms with van der Waals surface area (Å²) in [6.45, 7) is 1.62. The Labute approximate surface area is 646 Å². The van der Waals surface area contributed by atoms with Gasteiger partial charge in [0.15, 0.2) is 18.9 Å². The third-order valence-corrected chi connectivity index (χ3v) is 20.5. The van der Waals surface area contributed by atoms with E-state index in [4.69, 9.17) is 28.4 Å². The number of rotatable bonds is 67. The predicted molar refractivity (Wildman–Crippen MR) is 429 cm³/mol. The number of ether oxygens (including phenoxy) is 6. The molecule has 0 aromatic heterocycles. The SMILES string of the molecule is CC/C=C\C/C=C\C/C=C\C/C=C\C/C=C\C/C=C\CCCCCCCCCCCCCCCCC(=O)NC(COC1OC(CO)C(OC2OC(CO)C(OC3OC(CO)C(O)C(O)C3O)C(O)C2O)C(O)C1O)C(O)/C=C/CC/C=C/CC/C=C/CCCCCCCCCCCCCCCCCCCCC. The number of hydrogen-bond donors (Lipinski definition) is 12. The van der Waals surface area contributed by atoms with Crippen LogP contribution < -0.4 is 5.32 Å². The van der Waals surface area contributed by atoms with Gasteiger partial charge in [0, 0.05) is 6.42 Å². The van der Waals surface area contributed by atoms with Crippen molar-refractivity contribution in [2.75, 3.05) is 26.4 Å². The fraction of sp³-hybridized carbons (Fsp3) is 0.784. The van der Waals surface area contributed by atoms with Gasteiger partial charge in [-0.2, -0.15) is 0 Å². The maximum Gasteiger partial charge on any atom is 0.220 e. The molecule has 618 valence electrons. The number of nitrogens with one attached hydrogen (secondary N) is 1. The van der Waals surface area contributed by atoms with Crippen molar-refractivity contribution in [2.24, 2.45) is 0 Å². The lowest BCUT2D eigenvalue weighted by atomic mass is 9.96. The average Bonchev–Trinajstić information content (AvgIpc) is 0.782. The highest BCUT2D eigenvalue weighted by atomic mass is 16.8. The Morgan fingerprint density at radius 2 is 0.654 bits per heavy atom. The summed E-state index contributed by atoms with van der Waals surface area (Å²) in [5, 5.41) is 121. The van der Waals surface area contributed by atoms with Crippen LogP contribution in [0.5, 0.6) is 0 Å². The second-order valence-electron chi connectivity index (χ2n) is 29.9. The molecular formula is C88H153NO18. The molecule has 17 atom stereocenters. The van der Waals surface area contributed by atoms with E-state index >= 15 is 0 Å². The molecule has 0 spiro atoms. The molecule has 3 fully saturated rings. The average molecular weight is 1510 g/mol. The van der Waals surface area contributed by atoms with Gasteiger partial charge in [0.05, 0.1) is 38.6 Å². The zero-order valence-electron chi connectivity index (χ0n) is 66.3. The Balaban J connectivity index is 1.37. The van der Waals surface area contributed by atoms with Gasteiger partial charge in [-0.3, -0.25) is 4.79 Å². The molecule has 0 bridgehead atoms. The fourth-order valence-corrected chi connectivity index (χ4v) is 13.8. The first-order valence-corrected chi connectivity index (χ1v) is 42.6. The number of allylic oxidation sites excluding steroid dienone is 17. The molecule has 3 aliphatic heterocycles. The van der Waals surface area contributed by atoms with Gasteiger partial charge < -0.3 is 89.9 Å². The predicted octanol–water partition coefficient (Wildman–Crippen LogP) is 15.3. The Morgan fingerprint density at radius 3 is 1.05 bits per heavy atom. The van der Waals surface area contributed by atoms with Crippen molar-refractivity contribution in [1.29, 1.82) is 0 Å². The highest BCUT2D eigenvalue weighted by Crippen LogP contribution is 2.33. The van der Waals surface area contributed by atoms with E-state index in [1.165, 1.54) is 180 Å². The summed E-state index contributed by atoms with van der Waals surface area (Å²) >= 11 is 0. The van der Waals surface area contributed by atoms with Crippen LogP contribution in [0.2, 0.25) is 0 Å². The van der Waals surface area contributed by atoms with E-state index in [0.717, 1.165) is 96.3 Å². The molecule has 3 heterocycles. The Hall–Kier alpha value is -3.55. The monoisotopic (exact) mass is 1510 g/mol. The molecule has 0 saturated carbocycles. The molecule has 3 rings (SSSR count). The second-order valence-corrected chi connectivity index (χ2v) is 29.9. The van der Waals surface area contributed by atoms with Gasteiger partial charge in [-0.1, -0.05) is 316 Å². The molecule has 0 aromatic rings. The Morgan fingerprint density at radius 1 is 0.346 bits per heavy atom. The quantitative estimate of drug-likeness (QED) is 0.0199. The standard InChI is InChI=1S/C88H153NO18/c1-3-5-7-9-11-13-15-17-19-21-23-25-27-29-31-33-34-35-36-38-40-42-44-46-48-50-52-54-56-58-60-62-64-66-76(94)89-71(72(93)65-63-61-59-57-55-53-51-49-47-45-43-41-39-37-32-30-28-26-24-22-20-18-16-14-12-10-8-6-4-2)70-102-86-82(100)79(97)84(74(68-91)104-86)107-88-83(101)80(98)85(75(69-92)105-88)106-87-81(99)78(96)77(95)73(67-90)103-87/h5,7,11,13,17,19,23,25,29,31,34-35,47,49,55,57,63,65,71-75,77-88,90-93,95-101H,3-4,6,8-10,12,14-16,18,20-22,24,26-28,30,32-33,36-46,48,50-54,56,58-62,64,66-70H2,1-2H3,(H,89,94)/b7-5-,13-11-,19-17-,25-23-,31-29-,35-34-,49-47+,57-55+,65-63+. The molecule has 3 aliphatic rings. The van der Waals surface area contributed by atoms with Crippen molar-refractivity contribution in [2.45, 2.75) is 413 Å². The molecule has 1 amide bonds. The van der Waals surface area contributed by atoms with E-state index in [1.54, 1.807) is 6.08 Å². The summed E-state index contributed by atoms with van der Waals surface area (Å²) in [5.41, 5.74) is 0. The zero-order valence-corrected chi connectivity index (χ0v) is 66.3. The lowest BCUT2D eigenvalue weighted by Gasteiger charge is -2.48. The third kappa shape index (κ3) is 46.3. The largest absolute Gasteiger partial charge is 0.394 e. The molecule has 0 aromatic carbocycles. The first-order valence-electron chi connectivity index (χ1n) is 42.6. The van der Waals surface area contributed by atoms with E-state index in [2.05, 4.69) is 116 Å². The normalized spacial score (nSPS) is 26.1. The number of unbranched alkanes of at least 4 members (excludes halogenated alkanes) is 35. The van der Waals surface area contributed by atoms with Crippen molar-refractivity contribution >= 4 is 5.91 Å². The topological polar surface area (TPSA) is 307 Å². The van der Waals surface area contributed by atoms with Crippen molar-refractivity contribution in [3.63, 3.8) is 0 Å². The molecule has 17 unspecified atom stereocenters. The number of carbonyl (C=O) groups is 1. The Bertz CT molecular complexity index is 2360. The number of aliphatic hydroxyl groups is 11. The lowest BCUT2D eigenvalue weighted by molar-refractivity contribution is -0.379. The van der Waals surface area contributed by atoms with Gasteiger partial charge in [0.1, 0.15) is 73.2 Å².